The number of nitrogens with one attached hydrogen (secondary N) is 1. The average Bonchev–Trinajstić information content (AvgIpc) is 2.30. The third-order valence-electron chi connectivity index (χ3n) is 2.22. The van der Waals surface area contributed by atoms with Gasteiger partial charge in [0, 0.05) is 11.8 Å². The number of methoxy groups -OCH3 is 1. The van der Waals surface area contributed by atoms with Gasteiger partial charge < -0.3 is 14.5 Å². The van der Waals surface area contributed by atoms with Gasteiger partial charge in [-0.1, -0.05) is 0 Å². The monoisotopic (exact) mass is 261 g/mol. The third-order valence-corrected chi connectivity index (χ3v) is 2.22. The van der Waals surface area contributed by atoms with Crippen LogP contribution in [0.15, 0.2) is 11.0 Å². The van der Waals surface area contributed by atoms with Crippen LogP contribution in [0.1, 0.15) is 24.5 Å². The second-order valence-electron chi connectivity index (χ2n) is 3.37. The molecular formula is C11H13F2NO4. The number of pyridine rings is 1. The lowest BCUT2D eigenvalue weighted by molar-refractivity contribution is -0.142. The lowest BCUT2D eigenvalue weighted by atomic mass is 10.1. The molecule has 1 N–H and O–H groups in total. The summed E-state index contributed by atoms with van der Waals surface area (Å²) in [5.41, 5.74) is -1.56. The molecule has 100 valence electrons. The molecule has 1 aromatic rings. The topological polar surface area (TPSA) is 68.4 Å². The predicted molar refractivity (Wildman–Crippen MR) is 58.9 cm³/mol. The third kappa shape index (κ3) is 3.06. The molecule has 0 unspecified atom stereocenters. The summed E-state index contributed by atoms with van der Waals surface area (Å²) in [7, 11) is 1.16. The van der Waals surface area contributed by atoms with Crippen molar-refractivity contribution in [2.24, 2.45) is 0 Å². The second-order valence-corrected chi connectivity index (χ2v) is 3.37. The zero-order valence-corrected chi connectivity index (χ0v) is 9.96. The molecule has 5 nitrogen and oxygen atoms in total. The number of halogens is 2. The van der Waals surface area contributed by atoms with Crippen molar-refractivity contribution in [3.05, 3.63) is 27.7 Å². The lowest BCUT2D eigenvalue weighted by Crippen LogP contribution is -2.18. The fourth-order valence-electron chi connectivity index (χ4n) is 1.51. The van der Waals surface area contributed by atoms with E-state index in [-0.39, 0.29) is 24.3 Å². The van der Waals surface area contributed by atoms with Crippen molar-refractivity contribution in [3.63, 3.8) is 0 Å². The number of hydrogen-bond donors (Lipinski definition) is 1. The molecule has 0 spiro atoms. The summed E-state index contributed by atoms with van der Waals surface area (Å²) in [5.74, 6) is -0.857. The van der Waals surface area contributed by atoms with Crippen molar-refractivity contribution >= 4 is 5.97 Å². The number of alkyl halides is 2. The van der Waals surface area contributed by atoms with Gasteiger partial charge in [0.05, 0.1) is 20.1 Å². The van der Waals surface area contributed by atoms with Gasteiger partial charge in [0.1, 0.15) is 11.3 Å². The van der Waals surface area contributed by atoms with E-state index >= 15 is 0 Å². The van der Waals surface area contributed by atoms with Gasteiger partial charge in [-0.3, -0.25) is 9.59 Å². The number of aromatic amines is 1. The van der Waals surface area contributed by atoms with Crippen molar-refractivity contribution in [1.29, 1.82) is 0 Å². The molecule has 1 heterocycles. The Morgan fingerprint density at radius 2 is 2.17 bits per heavy atom. The molecule has 0 aromatic carbocycles. The maximum absolute atomic E-state index is 12.7. The van der Waals surface area contributed by atoms with Crippen molar-refractivity contribution in [2.45, 2.75) is 19.8 Å². The molecule has 0 amide bonds. The Morgan fingerprint density at radius 3 is 2.67 bits per heavy atom. The molecule has 0 bridgehead atoms. The predicted octanol–water partition coefficient (Wildman–Crippen LogP) is 1.43. The number of H-pyrrole nitrogens is 1. The van der Waals surface area contributed by atoms with Gasteiger partial charge in [-0.25, -0.2) is 8.78 Å². The number of carbonyl (C=O) groups excluding carboxylic acids is 1. The highest BCUT2D eigenvalue weighted by Crippen LogP contribution is 2.28. The van der Waals surface area contributed by atoms with Crippen LogP contribution >= 0.6 is 0 Å². The molecular weight excluding hydrogens is 248 g/mol. The van der Waals surface area contributed by atoms with E-state index in [2.05, 4.69) is 4.98 Å². The summed E-state index contributed by atoms with van der Waals surface area (Å²) in [6.45, 7) is 1.82. The molecule has 18 heavy (non-hydrogen) atoms. The van der Waals surface area contributed by atoms with Crippen molar-refractivity contribution in [3.8, 4) is 5.75 Å². The summed E-state index contributed by atoms with van der Waals surface area (Å²) in [6, 6.07) is 0. The maximum Gasteiger partial charge on any atom is 0.310 e. The fourth-order valence-corrected chi connectivity index (χ4v) is 1.51. The first-order valence-electron chi connectivity index (χ1n) is 5.23. The van der Waals surface area contributed by atoms with E-state index in [0.29, 0.717) is 0 Å². The van der Waals surface area contributed by atoms with Gasteiger partial charge in [0.15, 0.2) is 0 Å². The van der Waals surface area contributed by atoms with Crippen molar-refractivity contribution in [1.82, 2.24) is 4.98 Å². The molecule has 0 radical (unpaired) electrons. The van der Waals surface area contributed by atoms with Gasteiger partial charge >= 0.3 is 5.97 Å². The maximum atomic E-state index is 12.7. The Bertz CT molecular complexity index is 484. The van der Waals surface area contributed by atoms with Gasteiger partial charge in [-0.05, 0) is 6.92 Å². The number of carbonyl (C=O) groups is 1. The van der Waals surface area contributed by atoms with Crippen LogP contribution in [0.25, 0.3) is 0 Å². The van der Waals surface area contributed by atoms with E-state index in [1.807, 2.05) is 0 Å². The van der Waals surface area contributed by atoms with Crippen molar-refractivity contribution < 1.29 is 23.0 Å². The van der Waals surface area contributed by atoms with Crippen LogP contribution in [0.3, 0.4) is 0 Å². The summed E-state index contributed by atoms with van der Waals surface area (Å²) in [4.78, 5) is 24.7. The minimum Gasteiger partial charge on any atom is -0.496 e. The quantitative estimate of drug-likeness (QED) is 0.814. The van der Waals surface area contributed by atoms with Crippen LogP contribution in [0.5, 0.6) is 5.75 Å². The molecule has 0 aliphatic carbocycles. The summed E-state index contributed by atoms with van der Waals surface area (Å²) >= 11 is 0. The number of aromatic nitrogens is 1. The van der Waals surface area contributed by atoms with E-state index in [1.165, 1.54) is 6.20 Å². The molecule has 0 aliphatic rings. The van der Waals surface area contributed by atoms with Crippen LogP contribution in [0.2, 0.25) is 0 Å². The highest BCUT2D eigenvalue weighted by atomic mass is 19.3. The van der Waals surface area contributed by atoms with E-state index in [9.17, 15) is 18.4 Å². The first-order chi connectivity index (χ1) is 8.51. The summed E-state index contributed by atoms with van der Waals surface area (Å²) in [6.07, 6.45) is -2.05. The highest BCUT2D eigenvalue weighted by molar-refractivity contribution is 5.73. The molecule has 1 aromatic heterocycles. The Labute approximate surface area is 102 Å². The Morgan fingerprint density at radius 1 is 1.50 bits per heavy atom. The van der Waals surface area contributed by atoms with Crippen molar-refractivity contribution in [2.75, 3.05) is 13.7 Å². The number of rotatable bonds is 5. The van der Waals surface area contributed by atoms with E-state index in [4.69, 9.17) is 9.47 Å². The van der Waals surface area contributed by atoms with E-state index < -0.39 is 23.5 Å². The first-order valence-corrected chi connectivity index (χ1v) is 5.23. The van der Waals surface area contributed by atoms with Gasteiger partial charge in [0.25, 0.3) is 12.0 Å². The number of hydrogen-bond acceptors (Lipinski definition) is 4. The minimum absolute atomic E-state index is 0.158. The van der Waals surface area contributed by atoms with E-state index in [0.717, 1.165) is 7.11 Å². The fraction of sp³-hybridized carbons (Fsp3) is 0.455. The number of esters is 1. The average molecular weight is 261 g/mol. The molecule has 1 rings (SSSR count). The van der Waals surface area contributed by atoms with E-state index in [1.54, 1.807) is 6.92 Å². The standard InChI is InChI=1S/C11H13F2NO4/c1-3-18-7(15)4-6-5-14-11(16)8(10(12)13)9(6)17-2/h5,10H,3-4H2,1-2H3,(H,14,16). The Hall–Kier alpha value is -1.92. The zero-order valence-electron chi connectivity index (χ0n) is 9.96. The van der Waals surface area contributed by atoms with Crippen LogP contribution in [-0.2, 0) is 16.0 Å². The second kappa shape index (κ2) is 6.13. The van der Waals surface area contributed by atoms with Crippen LogP contribution in [0.4, 0.5) is 8.78 Å². The largest absolute Gasteiger partial charge is 0.496 e. The first kappa shape index (κ1) is 14.1. The molecule has 0 aliphatic heterocycles. The summed E-state index contributed by atoms with van der Waals surface area (Å²) < 4.78 is 34.9. The van der Waals surface area contributed by atoms with Crippen LogP contribution in [-0.4, -0.2) is 24.7 Å². The Balaban J connectivity index is 3.17. The van der Waals surface area contributed by atoms with Gasteiger partial charge in [-0.2, -0.15) is 0 Å². The Kier molecular flexibility index (Phi) is 4.82. The van der Waals surface area contributed by atoms with Gasteiger partial charge in [0.2, 0.25) is 0 Å². The lowest BCUT2D eigenvalue weighted by Gasteiger charge is -2.11. The number of ether oxygens (including phenoxy) is 2. The molecule has 0 saturated heterocycles. The van der Waals surface area contributed by atoms with Crippen LogP contribution < -0.4 is 10.3 Å². The molecule has 0 saturated carbocycles. The zero-order chi connectivity index (χ0) is 13.7. The van der Waals surface area contributed by atoms with Crippen LogP contribution in [0, 0.1) is 0 Å². The van der Waals surface area contributed by atoms with Gasteiger partial charge in [-0.15, -0.1) is 0 Å². The smallest absolute Gasteiger partial charge is 0.310 e. The summed E-state index contributed by atoms with van der Waals surface area (Å²) in [5, 5.41) is 0. The highest BCUT2D eigenvalue weighted by Gasteiger charge is 2.22. The SMILES string of the molecule is CCOC(=O)Cc1c[nH]c(=O)c(C(F)F)c1OC. The molecule has 7 heteroatoms. The molecule has 0 fully saturated rings. The molecule has 0 atom stereocenters. The normalized spacial score (nSPS) is 10.5. The minimum atomic E-state index is -2.98.